The van der Waals surface area contributed by atoms with Crippen LogP contribution in [0, 0.1) is 5.92 Å². The minimum absolute atomic E-state index is 0.0950. The molecule has 0 bridgehead atoms. The van der Waals surface area contributed by atoms with Crippen molar-refractivity contribution >= 4 is 11.8 Å². The number of hydrogen-bond acceptors (Lipinski definition) is 2. The van der Waals surface area contributed by atoms with Crippen LogP contribution in [-0.2, 0) is 9.59 Å². The lowest BCUT2D eigenvalue weighted by Crippen LogP contribution is -2.09. The summed E-state index contributed by atoms with van der Waals surface area (Å²) in [4.78, 5) is 20.6. The summed E-state index contributed by atoms with van der Waals surface area (Å²) >= 11 is 0. The van der Waals surface area contributed by atoms with Crippen molar-refractivity contribution in [3.05, 3.63) is 12.2 Å². The van der Waals surface area contributed by atoms with Gasteiger partial charge in [0.2, 0.25) is 0 Å². The molecule has 0 saturated heterocycles. The molecule has 9 heavy (non-hydrogen) atoms. The average Bonchev–Trinajstić information content (AvgIpc) is 2.14. The van der Waals surface area contributed by atoms with E-state index in [1.165, 1.54) is 12.2 Å². The number of aliphatic carboxylic acids is 1. The first-order valence-electron chi connectivity index (χ1n) is 2.64. The van der Waals surface area contributed by atoms with E-state index in [1.807, 2.05) is 0 Å². The van der Waals surface area contributed by atoms with Crippen LogP contribution in [0.5, 0.6) is 0 Å². The number of ketones is 1. The number of carboxylic acids is 1. The zero-order chi connectivity index (χ0) is 6.85. The van der Waals surface area contributed by atoms with E-state index in [2.05, 4.69) is 0 Å². The molecule has 3 nitrogen and oxygen atoms in total. The van der Waals surface area contributed by atoms with E-state index < -0.39 is 11.9 Å². The van der Waals surface area contributed by atoms with Crippen molar-refractivity contribution < 1.29 is 14.7 Å². The summed E-state index contributed by atoms with van der Waals surface area (Å²) in [7, 11) is 0. The Morgan fingerprint density at radius 3 is 2.67 bits per heavy atom. The summed E-state index contributed by atoms with van der Waals surface area (Å²) in [6.07, 6.45) is 2.87. The van der Waals surface area contributed by atoms with E-state index in [0.717, 1.165) is 0 Å². The highest BCUT2D eigenvalue weighted by molar-refractivity contribution is 5.96. The molecule has 0 aromatic carbocycles. The van der Waals surface area contributed by atoms with Crippen molar-refractivity contribution in [2.24, 2.45) is 5.92 Å². The Balaban J connectivity index is 2.60. The summed E-state index contributed by atoms with van der Waals surface area (Å²) in [5.74, 6) is -1.59. The first kappa shape index (κ1) is 6.01. The highest BCUT2D eigenvalue weighted by Gasteiger charge is 2.21. The maximum absolute atomic E-state index is 10.4. The zero-order valence-electron chi connectivity index (χ0n) is 4.70. The Morgan fingerprint density at radius 2 is 2.44 bits per heavy atom. The third-order valence-corrected chi connectivity index (χ3v) is 1.25. The third-order valence-electron chi connectivity index (χ3n) is 1.25. The highest BCUT2D eigenvalue weighted by Crippen LogP contribution is 2.13. The molecule has 1 rings (SSSR count). The van der Waals surface area contributed by atoms with E-state index >= 15 is 0 Å². The molecule has 0 amide bonds. The third kappa shape index (κ3) is 1.16. The van der Waals surface area contributed by atoms with Gasteiger partial charge in [0.1, 0.15) is 0 Å². The van der Waals surface area contributed by atoms with Crippen LogP contribution < -0.4 is 0 Å². The van der Waals surface area contributed by atoms with Crippen molar-refractivity contribution in [1.29, 1.82) is 0 Å². The molecule has 0 aromatic heterocycles. The summed E-state index contributed by atoms with van der Waals surface area (Å²) < 4.78 is 0. The van der Waals surface area contributed by atoms with Gasteiger partial charge in [0, 0.05) is 6.42 Å². The van der Waals surface area contributed by atoms with Gasteiger partial charge in [0.25, 0.3) is 0 Å². The Labute approximate surface area is 52.0 Å². The molecule has 0 radical (unpaired) electrons. The van der Waals surface area contributed by atoms with Crippen molar-refractivity contribution in [3.63, 3.8) is 0 Å². The Hall–Kier alpha value is -1.12. The van der Waals surface area contributed by atoms with Gasteiger partial charge in [-0.2, -0.15) is 0 Å². The zero-order valence-corrected chi connectivity index (χ0v) is 4.70. The molecular formula is C6H6O3. The second-order valence-electron chi connectivity index (χ2n) is 1.97. The maximum atomic E-state index is 10.4. The predicted octanol–water partition coefficient (Wildman–Crippen LogP) is 0.216. The van der Waals surface area contributed by atoms with E-state index in [-0.39, 0.29) is 12.2 Å². The topological polar surface area (TPSA) is 54.4 Å². The molecule has 0 fully saturated rings. The fourth-order valence-electron chi connectivity index (χ4n) is 0.746. The molecule has 1 N–H and O–H groups in total. The van der Waals surface area contributed by atoms with Crippen LogP contribution in [0.1, 0.15) is 6.42 Å². The average molecular weight is 126 g/mol. The Kier molecular flexibility index (Phi) is 1.34. The summed E-state index contributed by atoms with van der Waals surface area (Å²) in [5, 5.41) is 8.33. The summed E-state index contributed by atoms with van der Waals surface area (Å²) in [6, 6.07) is 0. The van der Waals surface area contributed by atoms with Crippen molar-refractivity contribution in [2.75, 3.05) is 0 Å². The molecule has 0 saturated carbocycles. The molecule has 0 aromatic rings. The van der Waals surface area contributed by atoms with E-state index in [1.54, 1.807) is 0 Å². The van der Waals surface area contributed by atoms with Crippen LogP contribution in [0.25, 0.3) is 0 Å². The quantitative estimate of drug-likeness (QED) is 0.546. The standard InChI is InChI=1S/C6H6O3/c7-5-2-1-4(3-5)6(8)9/h1-2,4H,3H2,(H,8,9). The van der Waals surface area contributed by atoms with Gasteiger partial charge in [-0.15, -0.1) is 0 Å². The second kappa shape index (κ2) is 2.01. The van der Waals surface area contributed by atoms with Crippen LogP contribution in [0.3, 0.4) is 0 Å². The first-order valence-corrected chi connectivity index (χ1v) is 2.64. The lowest BCUT2D eigenvalue weighted by molar-refractivity contribution is -0.141. The molecule has 3 heteroatoms. The van der Waals surface area contributed by atoms with E-state index in [9.17, 15) is 9.59 Å². The molecule has 0 spiro atoms. The van der Waals surface area contributed by atoms with Crippen LogP contribution in [0.4, 0.5) is 0 Å². The number of carbonyl (C=O) groups excluding carboxylic acids is 1. The number of hydrogen-bond donors (Lipinski definition) is 1. The van der Waals surface area contributed by atoms with Crippen molar-refractivity contribution in [1.82, 2.24) is 0 Å². The Morgan fingerprint density at radius 1 is 1.78 bits per heavy atom. The summed E-state index contributed by atoms with van der Waals surface area (Å²) in [6.45, 7) is 0. The van der Waals surface area contributed by atoms with Crippen LogP contribution in [0.2, 0.25) is 0 Å². The minimum atomic E-state index is -0.919. The monoisotopic (exact) mass is 126 g/mol. The fraction of sp³-hybridized carbons (Fsp3) is 0.333. The van der Waals surface area contributed by atoms with E-state index in [0.29, 0.717) is 0 Å². The lowest BCUT2D eigenvalue weighted by atomic mass is 10.1. The number of rotatable bonds is 1. The predicted molar refractivity (Wildman–Crippen MR) is 29.9 cm³/mol. The largest absolute Gasteiger partial charge is 0.481 e. The van der Waals surface area contributed by atoms with Crippen LogP contribution in [0.15, 0.2) is 12.2 Å². The van der Waals surface area contributed by atoms with Crippen LogP contribution in [-0.4, -0.2) is 16.9 Å². The fourth-order valence-corrected chi connectivity index (χ4v) is 0.746. The van der Waals surface area contributed by atoms with Crippen molar-refractivity contribution in [2.45, 2.75) is 6.42 Å². The van der Waals surface area contributed by atoms with E-state index in [4.69, 9.17) is 5.11 Å². The Bertz CT molecular complexity index is 181. The van der Waals surface area contributed by atoms with Gasteiger partial charge in [-0.25, -0.2) is 0 Å². The second-order valence-corrected chi connectivity index (χ2v) is 1.97. The molecule has 1 aliphatic rings. The van der Waals surface area contributed by atoms with Gasteiger partial charge in [-0.1, -0.05) is 6.08 Å². The number of carboxylic acid groups (broad SMARTS) is 1. The minimum Gasteiger partial charge on any atom is -0.481 e. The SMILES string of the molecule is O=C1C=CC(C(=O)O)C1. The normalized spacial score (nSPS) is 24.9. The first-order chi connectivity index (χ1) is 4.20. The highest BCUT2D eigenvalue weighted by atomic mass is 16.4. The molecule has 1 aliphatic carbocycles. The maximum Gasteiger partial charge on any atom is 0.310 e. The molecule has 0 aliphatic heterocycles. The van der Waals surface area contributed by atoms with Crippen molar-refractivity contribution in [3.8, 4) is 0 Å². The lowest BCUT2D eigenvalue weighted by Gasteiger charge is -1.94. The number of carbonyl (C=O) groups is 2. The van der Waals surface area contributed by atoms with Gasteiger partial charge in [-0.05, 0) is 6.08 Å². The van der Waals surface area contributed by atoms with Gasteiger partial charge in [-0.3, -0.25) is 9.59 Å². The van der Waals surface area contributed by atoms with Gasteiger partial charge in [0.05, 0.1) is 5.92 Å². The summed E-state index contributed by atoms with van der Waals surface area (Å²) in [5.41, 5.74) is 0. The molecule has 48 valence electrons. The smallest absolute Gasteiger partial charge is 0.310 e. The number of allylic oxidation sites excluding steroid dienone is 1. The molecular weight excluding hydrogens is 120 g/mol. The molecule has 1 atom stereocenters. The van der Waals surface area contributed by atoms with Gasteiger partial charge in [0.15, 0.2) is 5.78 Å². The van der Waals surface area contributed by atoms with Gasteiger partial charge < -0.3 is 5.11 Å². The molecule has 0 heterocycles. The molecule has 1 unspecified atom stereocenters. The van der Waals surface area contributed by atoms with Crippen LogP contribution >= 0.6 is 0 Å². The van der Waals surface area contributed by atoms with Gasteiger partial charge >= 0.3 is 5.97 Å².